The monoisotopic (exact) mass is 474 g/mol. The van der Waals surface area contributed by atoms with E-state index in [2.05, 4.69) is 20.9 Å². The third-order valence-corrected chi connectivity index (χ3v) is 4.49. The van der Waals surface area contributed by atoms with E-state index in [9.17, 15) is 4.79 Å². The van der Waals surface area contributed by atoms with E-state index >= 15 is 0 Å². The molecule has 0 aliphatic heterocycles. The summed E-state index contributed by atoms with van der Waals surface area (Å²) in [6, 6.07) is 8.30. The van der Waals surface area contributed by atoms with Gasteiger partial charge < -0.3 is 20.7 Å². The second-order valence-electron chi connectivity index (χ2n) is 6.32. The number of hydrogen-bond donors (Lipinski definition) is 3. The highest BCUT2D eigenvalue weighted by atomic mass is 127. The average molecular weight is 474 g/mol. The van der Waals surface area contributed by atoms with Gasteiger partial charge in [0.15, 0.2) is 5.96 Å². The van der Waals surface area contributed by atoms with Crippen LogP contribution in [-0.2, 0) is 11.2 Å². The van der Waals surface area contributed by atoms with Gasteiger partial charge in [0, 0.05) is 19.6 Å². The van der Waals surface area contributed by atoms with E-state index in [0.29, 0.717) is 18.5 Å². The van der Waals surface area contributed by atoms with Gasteiger partial charge in [-0.05, 0) is 30.9 Å². The van der Waals surface area contributed by atoms with Crippen LogP contribution in [0.2, 0.25) is 0 Å². The van der Waals surface area contributed by atoms with Crippen molar-refractivity contribution < 1.29 is 9.53 Å². The highest BCUT2D eigenvalue weighted by Crippen LogP contribution is 2.17. The standard InChI is InChI=1S/C19H30N4O2.HI/c1-20-19(21-13-12-15-8-6-7-11-17(15)25-2)22-14-18(24)23-16-9-4-3-5-10-16;/h6-8,11,16H,3-5,9-10,12-14H2,1-2H3,(H,23,24)(H2,20,21,22);1H. The van der Waals surface area contributed by atoms with E-state index in [0.717, 1.165) is 30.6 Å². The molecule has 1 saturated carbocycles. The maximum atomic E-state index is 12.0. The Kier molecular flexibility index (Phi) is 11.1. The summed E-state index contributed by atoms with van der Waals surface area (Å²) in [5, 5.41) is 9.40. The van der Waals surface area contributed by atoms with Gasteiger partial charge in [0.2, 0.25) is 5.91 Å². The maximum Gasteiger partial charge on any atom is 0.239 e. The molecule has 1 aliphatic rings. The smallest absolute Gasteiger partial charge is 0.239 e. The molecule has 0 radical (unpaired) electrons. The second-order valence-corrected chi connectivity index (χ2v) is 6.32. The number of nitrogens with zero attached hydrogens (tertiary/aromatic N) is 1. The molecule has 0 spiro atoms. The summed E-state index contributed by atoms with van der Waals surface area (Å²) in [6.07, 6.45) is 6.72. The molecule has 0 aromatic heterocycles. The van der Waals surface area contributed by atoms with Gasteiger partial charge in [-0.3, -0.25) is 9.79 Å². The van der Waals surface area contributed by atoms with Gasteiger partial charge in [0.05, 0.1) is 13.7 Å². The van der Waals surface area contributed by atoms with E-state index in [-0.39, 0.29) is 36.4 Å². The lowest BCUT2D eigenvalue weighted by molar-refractivity contribution is -0.120. The number of aliphatic imine (C=N–C) groups is 1. The molecule has 0 heterocycles. The fraction of sp³-hybridized carbons (Fsp3) is 0.579. The molecular formula is C19H31IN4O2. The van der Waals surface area contributed by atoms with Crippen molar-refractivity contribution >= 4 is 35.8 Å². The number of benzene rings is 1. The number of para-hydroxylation sites is 1. The number of rotatable bonds is 7. The normalized spacial score (nSPS) is 14.9. The van der Waals surface area contributed by atoms with Crippen molar-refractivity contribution in [1.29, 1.82) is 0 Å². The Balaban J connectivity index is 0.00000338. The summed E-state index contributed by atoms with van der Waals surface area (Å²) in [4.78, 5) is 16.2. The number of nitrogens with one attached hydrogen (secondary N) is 3. The predicted octanol–water partition coefficient (Wildman–Crippen LogP) is 2.47. The van der Waals surface area contributed by atoms with E-state index < -0.39 is 0 Å². The molecule has 1 fully saturated rings. The molecule has 146 valence electrons. The first-order valence-corrected chi connectivity index (χ1v) is 9.08. The first-order chi connectivity index (χ1) is 12.2. The third-order valence-electron chi connectivity index (χ3n) is 4.49. The molecule has 0 atom stereocenters. The summed E-state index contributed by atoms with van der Waals surface area (Å²) in [5.41, 5.74) is 1.14. The Bertz CT molecular complexity index is 574. The minimum atomic E-state index is 0. The molecule has 1 aromatic rings. The first-order valence-electron chi connectivity index (χ1n) is 9.08. The largest absolute Gasteiger partial charge is 0.496 e. The molecule has 0 saturated heterocycles. The fourth-order valence-electron chi connectivity index (χ4n) is 3.14. The van der Waals surface area contributed by atoms with Gasteiger partial charge in [-0.2, -0.15) is 0 Å². The average Bonchev–Trinajstić information content (AvgIpc) is 2.65. The first kappa shape index (κ1) is 22.5. The molecular weight excluding hydrogens is 443 g/mol. The minimum absolute atomic E-state index is 0. The minimum Gasteiger partial charge on any atom is -0.496 e. The molecule has 26 heavy (non-hydrogen) atoms. The van der Waals surface area contributed by atoms with Gasteiger partial charge in [0.1, 0.15) is 5.75 Å². The summed E-state index contributed by atoms with van der Waals surface area (Å²) >= 11 is 0. The van der Waals surface area contributed by atoms with Gasteiger partial charge in [-0.15, -0.1) is 24.0 Å². The Hall–Kier alpha value is -1.51. The number of methoxy groups -OCH3 is 1. The van der Waals surface area contributed by atoms with E-state index in [1.54, 1.807) is 14.2 Å². The van der Waals surface area contributed by atoms with Gasteiger partial charge in [0.25, 0.3) is 0 Å². The predicted molar refractivity (Wildman–Crippen MR) is 116 cm³/mol. The van der Waals surface area contributed by atoms with Crippen molar-refractivity contribution in [2.45, 2.75) is 44.6 Å². The van der Waals surface area contributed by atoms with Gasteiger partial charge >= 0.3 is 0 Å². The topological polar surface area (TPSA) is 74.8 Å². The summed E-state index contributed by atoms with van der Waals surface area (Å²) < 4.78 is 5.35. The van der Waals surface area contributed by atoms with E-state index in [4.69, 9.17) is 4.74 Å². The highest BCUT2D eigenvalue weighted by Gasteiger charge is 2.15. The Morgan fingerprint density at radius 1 is 1.19 bits per heavy atom. The maximum absolute atomic E-state index is 12.0. The van der Waals surface area contributed by atoms with Crippen LogP contribution in [0.4, 0.5) is 0 Å². The number of guanidine groups is 1. The van der Waals surface area contributed by atoms with Crippen LogP contribution < -0.4 is 20.7 Å². The van der Waals surface area contributed by atoms with Crippen LogP contribution in [0.5, 0.6) is 5.75 Å². The molecule has 2 rings (SSSR count). The number of carbonyl (C=O) groups excluding carboxylic acids is 1. The van der Waals surface area contributed by atoms with Crippen molar-refractivity contribution in [1.82, 2.24) is 16.0 Å². The second kappa shape index (κ2) is 12.8. The van der Waals surface area contributed by atoms with Crippen molar-refractivity contribution in [3.63, 3.8) is 0 Å². The Morgan fingerprint density at radius 2 is 1.92 bits per heavy atom. The fourth-order valence-corrected chi connectivity index (χ4v) is 3.14. The lowest BCUT2D eigenvalue weighted by Gasteiger charge is -2.23. The van der Waals surface area contributed by atoms with Crippen LogP contribution in [0, 0.1) is 0 Å². The molecule has 6 nitrogen and oxygen atoms in total. The number of amides is 1. The van der Waals surface area contributed by atoms with E-state index in [1.807, 2.05) is 24.3 Å². The van der Waals surface area contributed by atoms with Crippen LogP contribution in [0.15, 0.2) is 29.3 Å². The third kappa shape index (κ3) is 7.80. The van der Waals surface area contributed by atoms with Crippen molar-refractivity contribution in [2.24, 2.45) is 4.99 Å². The lowest BCUT2D eigenvalue weighted by atomic mass is 9.95. The van der Waals surface area contributed by atoms with Crippen LogP contribution in [0.1, 0.15) is 37.7 Å². The highest BCUT2D eigenvalue weighted by molar-refractivity contribution is 14.0. The number of halogens is 1. The molecule has 1 aliphatic carbocycles. The Labute approximate surface area is 173 Å². The Morgan fingerprint density at radius 3 is 2.62 bits per heavy atom. The molecule has 3 N–H and O–H groups in total. The van der Waals surface area contributed by atoms with Gasteiger partial charge in [-0.1, -0.05) is 37.5 Å². The molecule has 1 amide bonds. The molecule has 1 aromatic carbocycles. The van der Waals surface area contributed by atoms with Gasteiger partial charge in [-0.25, -0.2) is 0 Å². The van der Waals surface area contributed by atoms with Crippen LogP contribution in [0.3, 0.4) is 0 Å². The van der Waals surface area contributed by atoms with Crippen molar-refractivity contribution in [3.05, 3.63) is 29.8 Å². The number of ether oxygens (including phenoxy) is 1. The van der Waals surface area contributed by atoms with Crippen molar-refractivity contribution in [3.8, 4) is 5.75 Å². The quantitative estimate of drug-likeness (QED) is 0.323. The number of hydrogen-bond acceptors (Lipinski definition) is 3. The lowest BCUT2D eigenvalue weighted by Crippen LogP contribution is -2.46. The SMILES string of the molecule is CN=C(NCCc1ccccc1OC)NCC(=O)NC1CCCCC1.I. The zero-order chi connectivity index (χ0) is 17.9. The van der Waals surface area contributed by atoms with Crippen LogP contribution in [0.25, 0.3) is 0 Å². The zero-order valence-corrected chi connectivity index (χ0v) is 18.0. The number of carbonyl (C=O) groups is 1. The summed E-state index contributed by atoms with van der Waals surface area (Å²) in [7, 11) is 3.38. The molecule has 0 unspecified atom stereocenters. The zero-order valence-electron chi connectivity index (χ0n) is 15.7. The molecule has 0 bridgehead atoms. The van der Waals surface area contributed by atoms with E-state index in [1.165, 1.54) is 19.3 Å². The van der Waals surface area contributed by atoms with Crippen molar-refractivity contribution in [2.75, 3.05) is 27.2 Å². The summed E-state index contributed by atoms with van der Waals surface area (Å²) in [6.45, 7) is 0.953. The van der Waals surface area contributed by atoms with Crippen LogP contribution in [-0.4, -0.2) is 45.2 Å². The molecule has 7 heteroatoms. The van der Waals surface area contributed by atoms with Crippen LogP contribution >= 0.6 is 24.0 Å². The summed E-state index contributed by atoms with van der Waals surface area (Å²) in [5.74, 6) is 1.55.